The van der Waals surface area contributed by atoms with Gasteiger partial charge < -0.3 is 5.32 Å². The first-order valence-electron chi connectivity index (χ1n) is 6.89. The Kier molecular flexibility index (Phi) is 4.33. The summed E-state index contributed by atoms with van der Waals surface area (Å²) >= 11 is 6.14. The fourth-order valence-corrected chi connectivity index (χ4v) is 2.63. The van der Waals surface area contributed by atoms with Crippen LogP contribution in [0.1, 0.15) is 32.3 Å². The lowest BCUT2D eigenvalue weighted by Crippen LogP contribution is -2.63. The van der Waals surface area contributed by atoms with E-state index in [-0.39, 0.29) is 11.8 Å². The molecule has 5 heteroatoms. The maximum absolute atomic E-state index is 12.5. The topological polar surface area (TPSA) is 49.4 Å². The summed E-state index contributed by atoms with van der Waals surface area (Å²) in [4.78, 5) is 26.3. The summed E-state index contributed by atoms with van der Waals surface area (Å²) in [6, 6.07) is 4.54. The number of amides is 2. The van der Waals surface area contributed by atoms with Crippen molar-refractivity contribution in [1.82, 2.24) is 5.32 Å². The summed E-state index contributed by atoms with van der Waals surface area (Å²) in [5.74, 6) is -0.172. The van der Waals surface area contributed by atoms with Crippen molar-refractivity contribution in [1.29, 1.82) is 0 Å². The number of halogens is 1. The van der Waals surface area contributed by atoms with Gasteiger partial charge in [0.1, 0.15) is 12.1 Å². The second kappa shape index (κ2) is 5.83. The number of nitrogens with zero attached hydrogens (tertiary/aromatic N) is 1. The van der Waals surface area contributed by atoms with Crippen LogP contribution in [0.2, 0.25) is 5.02 Å². The van der Waals surface area contributed by atoms with E-state index in [1.165, 1.54) is 0 Å². The summed E-state index contributed by atoms with van der Waals surface area (Å²) < 4.78 is 0. The molecular formula is C15H19ClN2O2. The van der Waals surface area contributed by atoms with Crippen LogP contribution in [0, 0.1) is 6.92 Å². The molecule has 1 aromatic carbocycles. The molecule has 0 saturated carbocycles. The molecule has 20 heavy (non-hydrogen) atoms. The number of nitrogens with one attached hydrogen (secondary N) is 1. The number of aryl methyl sites for hydroxylation is 1. The monoisotopic (exact) mass is 294 g/mol. The van der Waals surface area contributed by atoms with Gasteiger partial charge in [0.2, 0.25) is 11.8 Å². The maximum atomic E-state index is 12.5. The van der Waals surface area contributed by atoms with Crippen molar-refractivity contribution in [2.75, 3.05) is 4.90 Å². The molecule has 0 radical (unpaired) electrons. The third kappa shape index (κ3) is 2.52. The van der Waals surface area contributed by atoms with Crippen LogP contribution < -0.4 is 10.2 Å². The van der Waals surface area contributed by atoms with E-state index in [0.717, 1.165) is 5.56 Å². The molecule has 2 amide bonds. The summed E-state index contributed by atoms with van der Waals surface area (Å²) in [6.07, 6.45) is 1.15. The van der Waals surface area contributed by atoms with E-state index in [2.05, 4.69) is 5.32 Å². The van der Waals surface area contributed by atoms with E-state index >= 15 is 0 Å². The fourth-order valence-electron chi connectivity index (χ4n) is 2.45. The van der Waals surface area contributed by atoms with E-state index in [4.69, 9.17) is 11.6 Å². The first kappa shape index (κ1) is 14.9. The average molecular weight is 295 g/mol. The van der Waals surface area contributed by atoms with Crippen LogP contribution >= 0.6 is 11.6 Å². The predicted octanol–water partition coefficient (Wildman–Crippen LogP) is 2.67. The standard InChI is InChI=1S/C15H19ClN2O2/c1-4-12-15(20)18(13(5-2)14(19)17-12)10-7-6-9(3)11(16)8-10/h6-8,12-13H,4-5H2,1-3H3,(H,17,19). The Bertz CT molecular complexity index is 545. The van der Waals surface area contributed by atoms with E-state index in [1.54, 1.807) is 11.0 Å². The molecule has 0 aromatic heterocycles. The molecule has 0 aliphatic carbocycles. The highest BCUT2D eigenvalue weighted by atomic mass is 35.5. The van der Waals surface area contributed by atoms with E-state index in [0.29, 0.717) is 23.6 Å². The number of anilines is 1. The normalized spacial score (nSPS) is 22.9. The molecule has 1 aliphatic rings. The van der Waals surface area contributed by atoms with Gasteiger partial charge in [-0.1, -0.05) is 31.5 Å². The van der Waals surface area contributed by atoms with E-state index < -0.39 is 12.1 Å². The van der Waals surface area contributed by atoms with Crippen LogP contribution in [-0.2, 0) is 9.59 Å². The minimum absolute atomic E-state index is 0.0705. The van der Waals surface area contributed by atoms with Gasteiger partial charge in [0.05, 0.1) is 0 Å². The third-order valence-electron chi connectivity index (χ3n) is 3.69. The second-order valence-electron chi connectivity index (χ2n) is 5.04. The Labute approximate surface area is 124 Å². The van der Waals surface area contributed by atoms with Gasteiger partial charge in [0.15, 0.2) is 0 Å². The van der Waals surface area contributed by atoms with Crippen LogP contribution in [0.25, 0.3) is 0 Å². The van der Waals surface area contributed by atoms with Crippen molar-refractivity contribution in [3.05, 3.63) is 28.8 Å². The second-order valence-corrected chi connectivity index (χ2v) is 5.44. The van der Waals surface area contributed by atoms with E-state index in [1.807, 2.05) is 32.9 Å². The first-order chi connectivity index (χ1) is 9.49. The molecule has 2 atom stereocenters. The largest absolute Gasteiger partial charge is 0.342 e. The molecule has 2 unspecified atom stereocenters. The van der Waals surface area contributed by atoms with Crippen LogP contribution in [0.4, 0.5) is 5.69 Å². The fraction of sp³-hybridized carbons (Fsp3) is 0.467. The molecule has 1 fully saturated rings. The van der Waals surface area contributed by atoms with Crippen LogP contribution in [-0.4, -0.2) is 23.9 Å². The summed E-state index contributed by atoms with van der Waals surface area (Å²) in [5.41, 5.74) is 1.63. The van der Waals surface area contributed by atoms with Crippen molar-refractivity contribution in [3.8, 4) is 0 Å². The number of carbonyl (C=O) groups is 2. The van der Waals surface area contributed by atoms with Gasteiger partial charge in [0, 0.05) is 10.7 Å². The summed E-state index contributed by atoms with van der Waals surface area (Å²) in [5, 5.41) is 3.38. The Morgan fingerprint density at radius 2 is 1.95 bits per heavy atom. The highest BCUT2D eigenvalue weighted by molar-refractivity contribution is 6.31. The SMILES string of the molecule is CCC1NC(=O)C(CC)N(c2ccc(C)c(Cl)c2)C1=O. The Hall–Kier alpha value is -1.55. The molecule has 2 rings (SSSR count). The van der Waals surface area contributed by atoms with Crippen molar-refractivity contribution in [2.45, 2.75) is 45.7 Å². The van der Waals surface area contributed by atoms with Crippen molar-refractivity contribution < 1.29 is 9.59 Å². The zero-order chi connectivity index (χ0) is 14.9. The first-order valence-corrected chi connectivity index (χ1v) is 7.27. The lowest BCUT2D eigenvalue weighted by molar-refractivity contribution is -0.134. The molecule has 1 saturated heterocycles. The quantitative estimate of drug-likeness (QED) is 0.932. The maximum Gasteiger partial charge on any atom is 0.250 e. The number of hydrogen-bond acceptors (Lipinski definition) is 2. The van der Waals surface area contributed by atoms with Gasteiger partial charge in [-0.2, -0.15) is 0 Å². The molecule has 0 spiro atoms. The van der Waals surface area contributed by atoms with E-state index in [9.17, 15) is 9.59 Å². The van der Waals surface area contributed by atoms with Gasteiger partial charge in [-0.15, -0.1) is 0 Å². The molecule has 4 nitrogen and oxygen atoms in total. The zero-order valence-electron chi connectivity index (χ0n) is 11.9. The van der Waals surface area contributed by atoms with Gasteiger partial charge in [-0.05, 0) is 37.5 Å². The number of carbonyl (C=O) groups excluding carboxylic acids is 2. The Morgan fingerprint density at radius 3 is 2.50 bits per heavy atom. The minimum atomic E-state index is -0.468. The summed E-state index contributed by atoms with van der Waals surface area (Å²) in [7, 11) is 0. The number of piperazine rings is 1. The third-order valence-corrected chi connectivity index (χ3v) is 4.10. The van der Waals surface area contributed by atoms with Gasteiger partial charge in [-0.3, -0.25) is 14.5 Å². The average Bonchev–Trinajstić information content (AvgIpc) is 2.43. The molecule has 1 aromatic rings. The molecular weight excluding hydrogens is 276 g/mol. The lowest BCUT2D eigenvalue weighted by atomic mass is 10.0. The molecule has 1 aliphatic heterocycles. The minimum Gasteiger partial charge on any atom is -0.342 e. The molecule has 0 bridgehead atoms. The highest BCUT2D eigenvalue weighted by Gasteiger charge is 2.39. The summed E-state index contributed by atoms with van der Waals surface area (Å²) in [6.45, 7) is 5.69. The van der Waals surface area contributed by atoms with Crippen molar-refractivity contribution in [2.24, 2.45) is 0 Å². The van der Waals surface area contributed by atoms with Crippen molar-refractivity contribution in [3.63, 3.8) is 0 Å². The van der Waals surface area contributed by atoms with Crippen LogP contribution in [0.3, 0.4) is 0 Å². The van der Waals surface area contributed by atoms with Gasteiger partial charge in [-0.25, -0.2) is 0 Å². The smallest absolute Gasteiger partial charge is 0.250 e. The number of benzene rings is 1. The molecule has 1 N–H and O–H groups in total. The Morgan fingerprint density at radius 1 is 1.25 bits per heavy atom. The van der Waals surface area contributed by atoms with Crippen molar-refractivity contribution >= 4 is 29.1 Å². The Balaban J connectivity index is 2.44. The van der Waals surface area contributed by atoms with Gasteiger partial charge in [0.25, 0.3) is 0 Å². The van der Waals surface area contributed by atoms with Crippen LogP contribution in [0.15, 0.2) is 18.2 Å². The van der Waals surface area contributed by atoms with Crippen LogP contribution in [0.5, 0.6) is 0 Å². The van der Waals surface area contributed by atoms with Gasteiger partial charge >= 0.3 is 0 Å². The molecule has 108 valence electrons. The number of rotatable bonds is 3. The highest BCUT2D eigenvalue weighted by Crippen LogP contribution is 2.28. The molecule has 1 heterocycles. The predicted molar refractivity (Wildman–Crippen MR) is 80.0 cm³/mol. The number of hydrogen-bond donors (Lipinski definition) is 1. The zero-order valence-corrected chi connectivity index (χ0v) is 12.7. The lowest BCUT2D eigenvalue weighted by Gasteiger charge is -2.38.